The van der Waals surface area contributed by atoms with Crippen LogP contribution in [0.15, 0.2) is 34.4 Å². The molecule has 1 unspecified atom stereocenters. The molecule has 0 aliphatic heterocycles. The molecular weight excluding hydrogens is 394 g/mol. The number of carbonyl (C=O) groups is 2. The van der Waals surface area contributed by atoms with Crippen molar-refractivity contribution in [1.29, 1.82) is 0 Å². The second-order valence-corrected chi connectivity index (χ2v) is 7.69. The van der Waals surface area contributed by atoms with Crippen molar-refractivity contribution in [3.63, 3.8) is 0 Å². The topological polar surface area (TPSA) is 111 Å². The SMILES string of the molecule is COc1ccc(NC(=O)C(C)n2c(C(C)C)nc3scc(C(=O)O)c3c2=O)cc1. The Labute approximate surface area is 170 Å². The van der Waals surface area contributed by atoms with Gasteiger partial charge in [-0.15, -0.1) is 11.3 Å². The van der Waals surface area contributed by atoms with Crippen LogP contribution in [0, 0.1) is 0 Å². The molecule has 0 fully saturated rings. The van der Waals surface area contributed by atoms with Crippen molar-refractivity contribution < 1.29 is 19.4 Å². The molecule has 2 heterocycles. The van der Waals surface area contributed by atoms with Crippen LogP contribution in [0.4, 0.5) is 5.69 Å². The highest BCUT2D eigenvalue weighted by Crippen LogP contribution is 2.26. The minimum absolute atomic E-state index is 0.0241. The zero-order chi connectivity index (χ0) is 21.3. The number of ether oxygens (including phenoxy) is 1. The molecule has 0 bridgehead atoms. The Morgan fingerprint density at radius 2 is 1.86 bits per heavy atom. The number of nitrogens with one attached hydrogen (secondary N) is 1. The van der Waals surface area contributed by atoms with E-state index in [2.05, 4.69) is 10.3 Å². The monoisotopic (exact) mass is 415 g/mol. The molecule has 2 aromatic heterocycles. The van der Waals surface area contributed by atoms with E-state index < -0.39 is 23.5 Å². The normalized spacial score (nSPS) is 12.2. The number of carboxylic acids is 1. The molecule has 9 heteroatoms. The standard InChI is InChI=1S/C20H21N3O5S/c1-10(2)16-22-18-15(14(9-29-18)20(26)27)19(25)23(16)11(3)17(24)21-12-5-7-13(28-4)8-6-12/h5-11H,1-4H3,(H,21,24)(H,26,27). The van der Waals surface area contributed by atoms with Gasteiger partial charge in [-0.1, -0.05) is 13.8 Å². The van der Waals surface area contributed by atoms with Gasteiger partial charge in [-0.25, -0.2) is 9.78 Å². The van der Waals surface area contributed by atoms with Crippen LogP contribution in [-0.4, -0.2) is 33.6 Å². The minimum Gasteiger partial charge on any atom is -0.497 e. The number of aromatic carboxylic acids is 1. The number of aromatic nitrogens is 2. The predicted molar refractivity (Wildman–Crippen MR) is 111 cm³/mol. The lowest BCUT2D eigenvalue weighted by Gasteiger charge is -2.21. The smallest absolute Gasteiger partial charge is 0.337 e. The van der Waals surface area contributed by atoms with Crippen molar-refractivity contribution in [2.45, 2.75) is 32.7 Å². The summed E-state index contributed by atoms with van der Waals surface area (Å²) in [5, 5.41) is 13.6. The first-order valence-corrected chi connectivity index (χ1v) is 9.84. The van der Waals surface area contributed by atoms with Gasteiger partial charge in [-0.05, 0) is 31.2 Å². The van der Waals surface area contributed by atoms with E-state index in [4.69, 9.17) is 4.74 Å². The molecule has 1 amide bonds. The summed E-state index contributed by atoms with van der Waals surface area (Å²) in [7, 11) is 1.55. The highest BCUT2D eigenvalue weighted by molar-refractivity contribution is 7.17. The molecule has 152 valence electrons. The first-order chi connectivity index (χ1) is 13.7. The second-order valence-electron chi connectivity index (χ2n) is 6.83. The number of hydrogen-bond donors (Lipinski definition) is 2. The number of benzene rings is 1. The first-order valence-electron chi connectivity index (χ1n) is 8.96. The molecule has 3 rings (SSSR count). The first kappa shape index (κ1) is 20.5. The number of carbonyl (C=O) groups excluding carboxylic acids is 1. The van der Waals surface area contributed by atoms with Crippen molar-refractivity contribution in [3.8, 4) is 5.75 Å². The maximum Gasteiger partial charge on any atom is 0.337 e. The van der Waals surface area contributed by atoms with Gasteiger partial charge in [0.25, 0.3) is 5.56 Å². The van der Waals surface area contributed by atoms with Crippen LogP contribution in [-0.2, 0) is 4.79 Å². The van der Waals surface area contributed by atoms with E-state index in [1.165, 1.54) is 9.95 Å². The van der Waals surface area contributed by atoms with E-state index in [1.54, 1.807) is 38.3 Å². The van der Waals surface area contributed by atoms with Crippen molar-refractivity contribution in [1.82, 2.24) is 9.55 Å². The lowest BCUT2D eigenvalue weighted by atomic mass is 10.1. The number of nitrogens with zero attached hydrogens (tertiary/aromatic N) is 2. The van der Waals surface area contributed by atoms with Gasteiger partial charge in [0.15, 0.2) is 0 Å². The molecule has 8 nitrogen and oxygen atoms in total. The molecule has 0 aliphatic carbocycles. The molecular formula is C20H21N3O5S. The Morgan fingerprint density at radius 3 is 2.41 bits per heavy atom. The molecule has 0 spiro atoms. The summed E-state index contributed by atoms with van der Waals surface area (Å²) in [6.45, 7) is 5.32. The van der Waals surface area contributed by atoms with Crippen LogP contribution in [0.1, 0.15) is 48.9 Å². The van der Waals surface area contributed by atoms with Crippen LogP contribution in [0.2, 0.25) is 0 Å². The van der Waals surface area contributed by atoms with Gasteiger partial charge in [-0.3, -0.25) is 14.2 Å². The molecule has 1 aromatic carbocycles. The largest absolute Gasteiger partial charge is 0.497 e. The number of thiophene rings is 1. The summed E-state index contributed by atoms with van der Waals surface area (Å²) in [6, 6.07) is 5.92. The third kappa shape index (κ3) is 3.86. The molecule has 0 saturated carbocycles. The Hall–Kier alpha value is -3.20. The lowest BCUT2D eigenvalue weighted by Crippen LogP contribution is -2.35. The molecule has 0 saturated heterocycles. The van der Waals surface area contributed by atoms with E-state index in [9.17, 15) is 19.5 Å². The van der Waals surface area contributed by atoms with Crippen LogP contribution in [0.5, 0.6) is 5.75 Å². The number of anilines is 1. The maximum absolute atomic E-state index is 13.2. The summed E-state index contributed by atoms with van der Waals surface area (Å²) in [6.07, 6.45) is 0. The van der Waals surface area contributed by atoms with Gasteiger partial charge in [-0.2, -0.15) is 0 Å². The predicted octanol–water partition coefficient (Wildman–Crippen LogP) is 3.49. The fraction of sp³-hybridized carbons (Fsp3) is 0.300. The van der Waals surface area contributed by atoms with Crippen molar-refractivity contribution in [3.05, 3.63) is 51.4 Å². The lowest BCUT2D eigenvalue weighted by molar-refractivity contribution is -0.118. The number of hydrogen-bond acceptors (Lipinski definition) is 6. The summed E-state index contributed by atoms with van der Waals surface area (Å²) < 4.78 is 6.38. The molecule has 1 atom stereocenters. The van der Waals surface area contributed by atoms with Crippen LogP contribution in [0.25, 0.3) is 10.2 Å². The Bertz CT molecular complexity index is 1130. The minimum atomic E-state index is -1.20. The quantitative estimate of drug-likeness (QED) is 0.638. The van der Waals surface area contributed by atoms with Crippen molar-refractivity contribution >= 4 is 39.1 Å². The highest BCUT2D eigenvalue weighted by Gasteiger charge is 2.26. The third-order valence-electron chi connectivity index (χ3n) is 4.54. The highest BCUT2D eigenvalue weighted by atomic mass is 32.1. The van der Waals surface area contributed by atoms with E-state index in [1.807, 2.05) is 13.8 Å². The Balaban J connectivity index is 2.05. The van der Waals surface area contributed by atoms with Crippen molar-refractivity contribution in [2.24, 2.45) is 0 Å². The number of methoxy groups -OCH3 is 1. The number of rotatable bonds is 6. The summed E-state index contributed by atoms with van der Waals surface area (Å²) in [4.78, 5) is 42.4. The Morgan fingerprint density at radius 1 is 1.21 bits per heavy atom. The zero-order valence-corrected chi connectivity index (χ0v) is 17.2. The molecule has 0 aliphatic rings. The van der Waals surface area contributed by atoms with Gasteiger partial charge in [0.1, 0.15) is 22.4 Å². The number of amides is 1. The second kappa shape index (κ2) is 8.04. The number of fused-ring (bicyclic) bond motifs is 1. The van der Waals surface area contributed by atoms with Gasteiger partial charge in [0, 0.05) is 17.0 Å². The fourth-order valence-corrected chi connectivity index (χ4v) is 3.91. The Kier molecular flexibility index (Phi) is 5.69. The van der Waals surface area contributed by atoms with E-state index in [-0.39, 0.29) is 16.9 Å². The van der Waals surface area contributed by atoms with Crippen LogP contribution < -0.4 is 15.6 Å². The average Bonchev–Trinajstić information content (AvgIpc) is 3.12. The molecule has 2 N–H and O–H groups in total. The van der Waals surface area contributed by atoms with Gasteiger partial charge < -0.3 is 15.2 Å². The molecule has 0 radical (unpaired) electrons. The van der Waals surface area contributed by atoms with Crippen LogP contribution >= 0.6 is 11.3 Å². The number of carboxylic acid groups (broad SMARTS) is 1. The third-order valence-corrected chi connectivity index (χ3v) is 5.41. The fourth-order valence-electron chi connectivity index (χ4n) is 3.00. The van der Waals surface area contributed by atoms with Gasteiger partial charge in [0.2, 0.25) is 5.91 Å². The summed E-state index contributed by atoms with van der Waals surface area (Å²) in [5.74, 6) is -0.665. The summed E-state index contributed by atoms with van der Waals surface area (Å²) in [5.41, 5.74) is -0.0818. The average molecular weight is 415 g/mol. The van der Waals surface area contributed by atoms with Gasteiger partial charge in [0.05, 0.1) is 18.1 Å². The van der Waals surface area contributed by atoms with Crippen molar-refractivity contribution in [2.75, 3.05) is 12.4 Å². The summed E-state index contributed by atoms with van der Waals surface area (Å²) >= 11 is 1.11. The molecule has 3 aromatic rings. The van der Waals surface area contributed by atoms with E-state index in [0.29, 0.717) is 22.1 Å². The van der Waals surface area contributed by atoms with Gasteiger partial charge >= 0.3 is 5.97 Å². The van der Waals surface area contributed by atoms with E-state index >= 15 is 0 Å². The zero-order valence-electron chi connectivity index (χ0n) is 16.4. The maximum atomic E-state index is 13.2. The molecule has 29 heavy (non-hydrogen) atoms. The van der Waals surface area contributed by atoms with Crippen LogP contribution in [0.3, 0.4) is 0 Å². The van der Waals surface area contributed by atoms with E-state index in [0.717, 1.165) is 11.3 Å².